The normalized spacial score (nSPS) is 12.5. The number of nitrogens with zero attached hydrogens (tertiary/aromatic N) is 1. The van der Waals surface area contributed by atoms with E-state index < -0.39 is 0 Å². The summed E-state index contributed by atoms with van der Waals surface area (Å²) in [7, 11) is 3.45. The van der Waals surface area contributed by atoms with Crippen molar-refractivity contribution in [1.29, 1.82) is 0 Å². The van der Waals surface area contributed by atoms with Crippen LogP contribution in [0.1, 0.15) is 37.8 Å². The molecule has 3 nitrogen and oxygen atoms in total. The molecule has 3 heteroatoms. The molecule has 0 heterocycles. The highest BCUT2D eigenvalue weighted by atomic mass is 16.5. The lowest BCUT2D eigenvalue weighted by Gasteiger charge is -2.26. The third kappa shape index (κ3) is 4.38. The van der Waals surface area contributed by atoms with Gasteiger partial charge in [0, 0.05) is 19.3 Å². The van der Waals surface area contributed by atoms with Crippen LogP contribution in [0.5, 0.6) is 0 Å². The number of hydrogen-bond acceptors (Lipinski definition) is 3. The van der Waals surface area contributed by atoms with E-state index in [1.165, 1.54) is 12.7 Å². The van der Waals surface area contributed by atoms with Crippen molar-refractivity contribution in [2.24, 2.45) is 0 Å². The number of carbonyl (C=O) groups is 1. The average Bonchev–Trinajstić information content (AvgIpc) is 2.59. The Morgan fingerprint density at radius 2 is 1.62 bits per heavy atom. The first kappa shape index (κ1) is 18.1. The SMILES string of the molecule is COC(=O)C(CN(C)c1ccc(C(C)(C)C)cc1)c1ccccc1. The molecule has 0 N–H and O–H groups in total. The van der Waals surface area contributed by atoms with Crippen LogP contribution >= 0.6 is 0 Å². The van der Waals surface area contributed by atoms with E-state index in [0.717, 1.165) is 11.3 Å². The maximum absolute atomic E-state index is 12.2. The molecule has 0 aliphatic heterocycles. The van der Waals surface area contributed by atoms with E-state index in [4.69, 9.17) is 4.74 Å². The Kier molecular flexibility index (Phi) is 5.66. The number of likely N-dealkylation sites (N-methyl/N-ethyl adjacent to an activating group) is 1. The lowest BCUT2D eigenvalue weighted by Crippen LogP contribution is -2.29. The zero-order valence-corrected chi connectivity index (χ0v) is 15.2. The number of methoxy groups -OCH3 is 1. The van der Waals surface area contributed by atoms with Crippen LogP contribution in [-0.4, -0.2) is 26.7 Å². The molecule has 24 heavy (non-hydrogen) atoms. The van der Waals surface area contributed by atoms with Gasteiger partial charge in [0.2, 0.25) is 0 Å². The van der Waals surface area contributed by atoms with E-state index in [0.29, 0.717) is 6.54 Å². The summed E-state index contributed by atoms with van der Waals surface area (Å²) in [6.45, 7) is 7.18. The summed E-state index contributed by atoms with van der Waals surface area (Å²) in [6, 6.07) is 18.3. The fourth-order valence-corrected chi connectivity index (χ4v) is 2.74. The molecular weight excluding hydrogens is 298 g/mol. The Hall–Kier alpha value is -2.29. The second-order valence-corrected chi connectivity index (χ2v) is 7.16. The van der Waals surface area contributed by atoms with Crippen LogP contribution in [0.3, 0.4) is 0 Å². The fraction of sp³-hybridized carbons (Fsp3) is 0.381. The molecule has 0 radical (unpaired) electrons. The number of anilines is 1. The first-order valence-corrected chi connectivity index (χ1v) is 8.27. The molecule has 128 valence electrons. The molecule has 0 bridgehead atoms. The van der Waals surface area contributed by atoms with E-state index in [9.17, 15) is 4.79 Å². The molecule has 0 spiro atoms. The summed E-state index contributed by atoms with van der Waals surface area (Å²) in [5, 5.41) is 0. The van der Waals surface area contributed by atoms with Gasteiger partial charge in [0.05, 0.1) is 13.0 Å². The molecule has 0 saturated heterocycles. The van der Waals surface area contributed by atoms with Crippen molar-refractivity contribution in [3.63, 3.8) is 0 Å². The van der Waals surface area contributed by atoms with Gasteiger partial charge in [-0.05, 0) is 28.7 Å². The van der Waals surface area contributed by atoms with E-state index in [1.54, 1.807) is 0 Å². The maximum Gasteiger partial charge on any atom is 0.314 e. The van der Waals surface area contributed by atoms with Gasteiger partial charge >= 0.3 is 5.97 Å². The average molecular weight is 325 g/mol. The number of carbonyl (C=O) groups excluding carboxylic acids is 1. The van der Waals surface area contributed by atoms with Crippen molar-refractivity contribution >= 4 is 11.7 Å². The van der Waals surface area contributed by atoms with Gasteiger partial charge in [0.15, 0.2) is 0 Å². The van der Waals surface area contributed by atoms with Gasteiger partial charge in [-0.15, -0.1) is 0 Å². The van der Waals surface area contributed by atoms with Crippen molar-refractivity contribution in [1.82, 2.24) is 0 Å². The van der Waals surface area contributed by atoms with E-state index >= 15 is 0 Å². The first-order chi connectivity index (χ1) is 11.3. The zero-order chi connectivity index (χ0) is 17.7. The predicted octanol–water partition coefficient (Wildman–Crippen LogP) is 4.38. The summed E-state index contributed by atoms with van der Waals surface area (Å²) in [4.78, 5) is 14.3. The lowest BCUT2D eigenvalue weighted by atomic mass is 9.87. The lowest BCUT2D eigenvalue weighted by molar-refractivity contribution is -0.142. The summed E-state index contributed by atoms with van der Waals surface area (Å²) in [6.07, 6.45) is 0. The Labute approximate surface area is 145 Å². The second kappa shape index (κ2) is 7.52. The van der Waals surface area contributed by atoms with Crippen molar-refractivity contribution in [3.05, 3.63) is 65.7 Å². The number of benzene rings is 2. The van der Waals surface area contributed by atoms with Crippen LogP contribution < -0.4 is 4.90 Å². The van der Waals surface area contributed by atoms with E-state index in [1.807, 2.05) is 37.4 Å². The molecule has 0 saturated carbocycles. The standard InChI is InChI=1S/C21H27NO2/c1-21(2,3)17-11-13-18(14-12-17)22(4)15-19(20(23)24-5)16-9-7-6-8-10-16/h6-14,19H,15H2,1-5H3. The Morgan fingerprint density at radius 3 is 2.12 bits per heavy atom. The number of hydrogen-bond donors (Lipinski definition) is 0. The van der Waals surface area contributed by atoms with Crippen molar-refractivity contribution in [2.75, 3.05) is 25.6 Å². The molecule has 0 aliphatic carbocycles. The molecule has 2 aromatic carbocycles. The van der Waals surface area contributed by atoms with Gasteiger partial charge in [0.1, 0.15) is 0 Å². The van der Waals surface area contributed by atoms with Crippen molar-refractivity contribution in [3.8, 4) is 0 Å². The van der Waals surface area contributed by atoms with Gasteiger partial charge in [-0.1, -0.05) is 63.2 Å². The van der Waals surface area contributed by atoms with Crippen molar-refractivity contribution < 1.29 is 9.53 Å². The minimum atomic E-state index is -0.302. The predicted molar refractivity (Wildman–Crippen MR) is 99.6 cm³/mol. The quantitative estimate of drug-likeness (QED) is 0.764. The Bertz CT molecular complexity index is 656. The van der Waals surface area contributed by atoms with Crippen LogP contribution in [0.15, 0.2) is 54.6 Å². The highest BCUT2D eigenvalue weighted by molar-refractivity contribution is 5.79. The van der Waals surface area contributed by atoms with Crippen LogP contribution in [-0.2, 0) is 14.9 Å². The molecule has 0 aliphatic rings. The van der Waals surface area contributed by atoms with Crippen molar-refractivity contribution in [2.45, 2.75) is 32.1 Å². The first-order valence-electron chi connectivity index (χ1n) is 8.27. The van der Waals surface area contributed by atoms with Crippen LogP contribution in [0, 0.1) is 0 Å². The van der Waals surface area contributed by atoms with E-state index in [-0.39, 0.29) is 17.3 Å². The zero-order valence-electron chi connectivity index (χ0n) is 15.2. The number of esters is 1. The monoisotopic (exact) mass is 325 g/mol. The third-order valence-corrected chi connectivity index (χ3v) is 4.32. The molecule has 1 atom stereocenters. The number of rotatable bonds is 5. The van der Waals surface area contributed by atoms with Gasteiger partial charge in [-0.25, -0.2) is 0 Å². The minimum absolute atomic E-state index is 0.135. The summed E-state index contributed by atoms with van der Waals surface area (Å²) >= 11 is 0. The maximum atomic E-state index is 12.2. The van der Waals surface area contributed by atoms with Crippen LogP contribution in [0.4, 0.5) is 5.69 Å². The highest BCUT2D eigenvalue weighted by Gasteiger charge is 2.23. The summed E-state index contributed by atoms with van der Waals surface area (Å²) < 4.78 is 5.00. The fourth-order valence-electron chi connectivity index (χ4n) is 2.74. The molecule has 2 aromatic rings. The van der Waals surface area contributed by atoms with Gasteiger partial charge in [-0.3, -0.25) is 4.79 Å². The third-order valence-electron chi connectivity index (χ3n) is 4.32. The molecule has 2 rings (SSSR count). The summed E-state index contributed by atoms with van der Waals surface area (Å²) in [5.74, 6) is -0.511. The van der Waals surface area contributed by atoms with Gasteiger partial charge in [-0.2, -0.15) is 0 Å². The topological polar surface area (TPSA) is 29.5 Å². The Balaban J connectivity index is 2.18. The molecule has 0 fully saturated rings. The van der Waals surface area contributed by atoms with Gasteiger partial charge in [0.25, 0.3) is 0 Å². The van der Waals surface area contributed by atoms with E-state index in [2.05, 4.69) is 49.9 Å². The summed E-state index contributed by atoms with van der Waals surface area (Å²) in [5.41, 5.74) is 3.50. The van der Waals surface area contributed by atoms with Gasteiger partial charge < -0.3 is 9.64 Å². The molecule has 1 unspecified atom stereocenters. The highest BCUT2D eigenvalue weighted by Crippen LogP contribution is 2.26. The molecule has 0 amide bonds. The smallest absolute Gasteiger partial charge is 0.314 e. The second-order valence-electron chi connectivity index (χ2n) is 7.16. The van der Waals surface area contributed by atoms with Crippen LogP contribution in [0.25, 0.3) is 0 Å². The molecule has 0 aromatic heterocycles. The largest absolute Gasteiger partial charge is 0.468 e. The minimum Gasteiger partial charge on any atom is -0.468 e. The Morgan fingerprint density at radius 1 is 1.04 bits per heavy atom. The number of ether oxygens (including phenoxy) is 1. The molecular formula is C21H27NO2. The van der Waals surface area contributed by atoms with Crippen LogP contribution in [0.2, 0.25) is 0 Å².